The van der Waals surface area contributed by atoms with Crippen LogP contribution in [0, 0.1) is 13.8 Å². The average molecular weight is 693 g/mol. The Balaban J connectivity index is 1.16. The molecule has 0 aliphatic carbocycles. The van der Waals surface area contributed by atoms with Crippen LogP contribution in [0.15, 0.2) is 170 Å². The third kappa shape index (κ3) is 8.08. The van der Waals surface area contributed by atoms with Gasteiger partial charge in [-0.1, -0.05) is 85.6 Å². The predicted octanol–water partition coefficient (Wildman–Crippen LogP) is 13.4. The van der Waals surface area contributed by atoms with Gasteiger partial charge in [-0.3, -0.25) is 4.79 Å². The van der Waals surface area contributed by atoms with E-state index in [-0.39, 0.29) is 5.78 Å². The summed E-state index contributed by atoms with van der Waals surface area (Å²) in [6.07, 6.45) is 1.99. The van der Waals surface area contributed by atoms with Gasteiger partial charge in [0.05, 0.1) is 0 Å². The van der Waals surface area contributed by atoms with Crippen LogP contribution in [0.4, 0.5) is 34.1 Å². The van der Waals surface area contributed by atoms with Gasteiger partial charge in [-0.2, -0.15) is 0 Å². The maximum absolute atomic E-state index is 13.0. The molecule has 0 N–H and O–H groups in total. The van der Waals surface area contributed by atoms with Gasteiger partial charge in [0.25, 0.3) is 0 Å². The first-order valence-electron chi connectivity index (χ1n) is 18.3. The van der Waals surface area contributed by atoms with Gasteiger partial charge in [-0.05, 0) is 147 Å². The number of anilines is 6. The molecule has 53 heavy (non-hydrogen) atoms. The first kappa shape index (κ1) is 35.0. The fourth-order valence-electron chi connectivity index (χ4n) is 6.45. The Labute approximate surface area is 313 Å². The third-order valence-corrected chi connectivity index (χ3v) is 9.62. The van der Waals surface area contributed by atoms with E-state index in [4.69, 9.17) is 4.74 Å². The van der Waals surface area contributed by atoms with Crippen molar-refractivity contribution < 1.29 is 9.53 Å². The van der Waals surface area contributed by atoms with Crippen molar-refractivity contribution in [2.45, 2.75) is 40.5 Å². The molecule has 0 atom stereocenters. The maximum atomic E-state index is 13.0. The van der Waals surface area contributed by atoms with E-state index >= 15 is 0 Å². The number of hydrogen-bond donors (Lipinski definition) is 0. The first-order chi connectivity index (χ1) is 25.9. The molecule has 0 aliphatic rings. The van der Waals surface area contributed by atoms with Crippen LogP contribution in [0.5, 0.6) is 11.5 Å². The lowest BCUT2D eigenvalue weighted by atomic mass is 10.0. The van der Waals surface area contributed by atoms with Gasteiger partial charge >= 0.3 is 0 Å². The first-order valence-corrected chi connectivity index (χ1v) is 18.3. The molecule has 0 aliphatic heterocycles. The van der Waals surface area contributed by atoms with E-state index in [1.807, 2.05) is 67.6 Å². The lowest BCUT2D eigenvalue weighted by Gasteiger charge is -2.28. The Hall–Kier alpha value is -6.39. The maximum Gasteiger partial charge on any atom is 0.193 e. The van der Waals surface area contributed by atoms with Crippen LogP contribution in [-0.4, -0.2) is 5.78 Å². The topological polar surface area (TPSA) is 32.8 Å². The molecule has 7 aromatic carbocycles. The van der Waals surface area contributed by atoms with Crippen molar-refractivity contribution >= 4 is 39.9 Å². The number of aryl methyl sites for hydroxylation is 4. The van der Waals surface area contributed by atoms with E-state index in [2.05, 4.69) is 140 Å². The van der Waals surface area contributed by atoms with Crippen molar-refractivity contribution in [1.82, 2.24) is 0 Å². The van der Waals surface area contributed by atoms with Crippen molar-refractivity contribution in [3.05, 3.63) is 203 Å². The summed E-state index contributed by atoms with van der Waals surface area (Å²) in [5, 5.41) is 0. The van der Waals surface area contributed by atoms with Gasteiger partial charge < -0.3 is 14.5 Å². The number of nitrogens with zero attached hydrogens (tertiary/aromatic N) is 2. The second kappa shape index (κ2) is 15.9. The zero-order valence-corrected chi connectivity index (χ0v) is 30.8. The fraction of sp³-hybridized carbons (Fsp3) is 0.122. The van der Waals surface area contributed by atoms with Gasteiger partial charge in [0.2, 0.25) is 0 Å². The van der Waals surface area contributed by atoms with Crippen LogP contribution in [0.1, 0.15) is 52.0 Å². The average Bonchev–Trinajstić information content (AvgIpc) is 3.21. The van der Waals surface area contributed by atoms with E-state index in [0.29, 0.717) is 22.6 Å². The van der Waals surface area contributed by atoms with Gasteiger partial charge in [0.15, 0.2) is 5.78 Å². The molecule has 0 spiro atoms. The van der Waals surface area contributed by atoms with Crippen LogP contribution in [0.2, 0.25) is 0 Å². The molecular formula is C49H44N2O2. The highest BCUT2D eigenvalue weighted by Gasteiger charge is 2.17. The molecule has 0 amide bonds. The Morgan fingerprint density at radius 3 is 1.02 bits per heavy atom. The van der Waals surface area contributed by atoms with Crippen LogP contribution >= 0.6 is 0 Å². The second-order valence-corrected chi connectivity index (χ2v) is 13.4. The Morgan fingerprint density at radius 1 is 0.396 bits per heavy atom. The molecule has 7 rings (SSSR count). The van der Waals surface area contributed by atoms with Gasteiger partial charge in [-0.15, -0.1) is 0 Å². The van der Waals surface area contributed by atoms with E-state index in [1.165, 1.54) is 16.7 Å². The Bertz CT molecular complexity index is 2260. The molecule has 0 fully saturated rings. The molecule has 0 bridgehead atoms. The third-order valence-electron chi connectivity index (χ3n) is 9.62. The Kier molecular flexibility index (Phi) is 10.5. The molecular weight excluding hydrogens is 649 g/mol. The standard InChI is InChI=1S/C49H44N2O2/c1-5-37-11-21-42(22-12-37)50(41-19-9-36(4)10-20-41)44-25-27-45(28-26-44)51(43-23-13-38(6-2)14-24-43)46-29-33-48(34-30-46)53-47-31-17-40(18-32-47)49(52)39-15-7-35(3)8-16-39/h7-34H,5-6H2,1-4H3. The monoisotopic (exact) mass is 692 g/mol. The summed E-state index contributed by atoms with van der Waals surface area (Å²) in [5.41, 5.74) is 12.7. The quantitative estimate of drug-likeness (QED) is 0.119. The van der Waals surface area contributed by atoms with Gasteiger partial charge in [-0.25, -0.2) is 0 Å². The highest BCUT2D eigenvalue weighted by Crippen LogP contribution is 2.40. The van der Waals surface area contributed by atoms with Crippen molar-refractivity contribution in [3.8, 4) is 11.5 Å². The molecule has 0 aromatic heterocycles. The summed E-state index contributed by atoms with van der Waals surface area (Å²) in [5.74, 6) is 1.38. The van der Waals surface area contributed by atoms with Crippen molar-refractivity contribution in [1.29, 1.82) is 0 Å². The number of benzene rings is 7. The van der Waals surface area contributed by atoms with E-state index < -0.39 is 0 Å². The van der Waals surface area contributed by atoms with Crippen LogP contribution in [-0.2, 0) is 12.8 Å². The number of ketones is 1. The van der Waals surface area contributed by atoms with Crippen molar-refractivity contribution in [3.63, 3.8) is 0 Å². The SMILES string of the molecule is CCc1ccc(N(c2ccc(C)cc2)c2ccc(N(c3ccc(CC)cc3)c3ccc(Oc4ccc(C(=O)c5ccc(C)cc5)cc4)cc3)cc2)cc1. The number of ether oxygens (including phenoxy) is 1. The number of hydrogen-bond acceptors (Lipinski definition) is 4. The summed E-state index contributed by atoms with van der Waals surface area (Å²) in [6, 6.07) is 58.2. The summed E-state index contributed by atoms with van der Waals surface area (Å²) in [4.78, 5) is 17.5. The van der Waals surface area contributed by atoms with E-state index in [1.54, 1.807) is 0 Å². The highest BCUT2D eigenvalue weighted by molar-refractivity contribution is 6.09. The normalized spacial score (nSPS) is 10.9. The molecule has 0 unspecified atom stereocenters. The molecule has 0 heterocycles. The molecule has 4 heteroatoms. The molecule has 0 saturated carbocycles. The molecule has 4 nitrogen and oxygen atoms in total. The lowest BCUT2D eigenvalue weighted by Crippen LogP contribution is -2.12. The van der Waals surface area contributed by atoms with E-state index in [9.17, 15) is 4.79 Å². The number of carbonyl (C=O) groups excluding carboxylic acids is 1. The molecule has 7 aromatic rings. The minimum absolute atomic E-state index is 0.00511. The Morgan fingerprint density at radius 2 is 0.660 bits per heavy atom. The fourth-order valence-corrected chi connectivity index (χ4v) is 6.45. The molecule has 262 valence electrons. The summed E-state index contributed by atoms with van der Waals surface area (Å²) >= 11 is 0. The zero-order valence-electron chi connectivity index (χ0n) is 30.8. The van der Waals surface area contributed by atoms with E-state index in [0.717, 1.165) is 52.5 Å². The van der Waals surface area contributed by atoms with Gasteiger partial charge in [0, 0.05) is 45.3 Å². The number of rotatable bonds is 12. The molecule has 0 radical (unpaired) electrons. The van der Waals surface area contributed by atoms with Crippen LogP contribution in [0.25, 0.3) is 0 Å². The second-order valence-electron chi connectivity index (χ2n) is 13.4. The van der Waals surface area contributed by atoms with Crippen molar-refractivity contribution in [2.24, 2.45) is 0 Å². The van der Waals surface area contributed by atoms with Crippen molar-refractivity contribution in [2.75, 3.05) is 9.80 Å². The predicted molar refractivity (Wildman–Crippen MR) is 220 cm³/mol. The number of carbonyl (C=O) groups is 1. The summed E-state index contributed by atoms with van der Waals surface area (Å²) < 4.78 is 6.22. The smallest absolute Gasteiger partial charge is 0.193 e. The lowest BCUT2D eigenvalue weighted by molar-refractivity contribution is 0.103. The van der Waals surface area contributed by atoms with Crippen LogP contribution < -0.4 is 14.5 Å². The highest BCUT2D eigenvalue weighted by atomic mass is 16.5. The summed E-state index contributed by atoms with van der Waals surface area (Å²) in [6.45, 7) is 8.49. The minimum atomic E-state index is -0.00511. The largest absolute Gasteiger partial charge is 0.457 e. The van der Waals surface area contributed by atoms with Gasteiger partial charge in [0.1, 0.15) is 11.5 Å². The molecule has 0 saturated heterocycles. The zero-order chi connectivity index (χ0) is 36.7. The summed E-state index contributed by atoms with van der Waals surface area (Å²) in [7, 11) is 0. The van der Waals surface area contributed by atoms with Crippen LogP contribution in [0.3, 0.4) is 0 Å². The minimum Gasteiger partial charge on any atom is -0.457 e.